The maximum Gasteiger partial charge on any atom is 0.255 e. The van der Waals surface area contributed by atoms with E-state index in [-0.39, 0.29) is 29.8 Å². The lowest BCUT2D eigenvalue weighted by Gasteiger charge is -2.28. The van der Waals surface area contributed by atoms with Gasteiger partial charge in [-0.05, 0) is 68.5 Å². The van der Waals surface area contributed by atoms with Crippen molar-refractivity contribution in [2.24, 2.45) is 5.73 Å². The van der Waals surface area contributed by atoms with Gasteiger partial charge in [0.25, 0.3) is 5.91 Å². The molecule has 2 aromatic carbocycles. The molecule has 0 heterocycles. The molecule has 1 saturated carbocycles. The molecule has 1 atom stereocenters. The van der Waals surface area contributed by atoms with Gasteiger partial charge in [0.15, 0.2) is 11.5 Å². The number of nitrogens with one attached hydrogen (secondary N) is 2. The summed E-state index contributed by atoms with van der Waals surface area (Å²) in [4.78, 5) is 25.2. The molecule has 7 heteroatoms. The number of carbonyl (C=O) groups excluding carboxylic acids is 2. The normalized spacial score (nSPS) is 19.2. The molecule has 1 unspecified atom stereocenters. The summed E-state index contributed by atoms with van der Waals surface area (Å²) < 4.78 is 10.5. The van der Waals surface area contributed by atoms with Crippen LogP contribution in [0.2, 0.25) is 0 Å². The second-order valence-corrected chi connectivity index (χ2v) is 7.99. The lowest BCUT2D eigenvalue weighted by atomic mass is 9.91. The van der Waals surface area contributed by atoms with Crippen LogP contribution in [0.1, 0.15) is 54.4 Å². The van der Waals surface area contributed by atoms with E-state index in [4.69, 9.17) is 15.2 Å². The van der Waals surface area contributed by atoms with Gasteiger partial charge in [-0.2, -0.15) is 0 Å². The van der Waals surface area contributed by atoms with Gasteiger partial charge in [0, 0.05) is 23.3 Å². The van der Waals surface area contributed by atoms with Crippen LogP contribution in [0, 0.1) is 0 Å². The topological polar surface area (TPSA) is 103 Å². The fourth-order valence-corrected chi connectivity index (χ4v) is 3.78. The van der Waals surface area contributed by atoms with Crippen molar-refractivity contribution in [3.8, 4) is 11.5 Å². The smallest absolute Gasteiger partial charge is 0.255 e. The Balaban J connectivity index is 1.59. The fourth-order valence-electron chi connectivity index (χ4n) is 3.78. The standard InChI is InChI=1S/C24H31N3O4/c1-15(23(28)26-20-11-7-18(25)8-12-20)16-4-9-19(10-5-16)27-24(29)17-6-13-21(30-2)22(14-17)31-3/h4-6,9-10,13-15,18,20H,7-8,11-12,25H2,1-3H3,(H,26,28)(H,27,29). The van der Waals surface area contributed by atoms with Crippen molar-refractivity contribution in [3.63, 3.8) is 0 Å². The second-order valence-electron chi connectivity index (χ2n) is 7.99. The van der Waals surface area contributed by atoms with Crippen molar-refractivity contribution in [1.29, 1.82) is 0 Å². The molecule has 1 aliphatic carbocycles. The zero-order valence-electron chi connectivity index (χ0n) is 18.3. The molecule has 1 aliphatic rings. The summed E-state index contributed by atoms with van der Waals surface area (Å²) in [5, 5.41) is 6.00. The van der Waals surface area contributed by atoms with Crippen LogP contribution < -0.4 is 25.8 Å². The summed E-state index contributed by atoms with van der Waals surface area (Å²) in [5.74, 6) is 0.542. The van der Waals surface area contributed by atoms with Crippen LogP contribution in [0.3, 0.4) is 0 Å². The van der Waals surface area contributed by atoms with E-state index in [0.29, 0.717) is 22.7 Å². The van der Waals surface area contributed by atoms with E-state index in [1.54, 1.807) is 37.4 Å². The van der Waals surface area contributed by atoms with Crippen LogP contribution in [0.15, 0.2) is 42.5 Å². The van der Waals surface area contributed by atoms with Crippen LogP contribution in [-0.4, -0.2) is 38.1 Å². The minimum atomic E-state index is -0.272. The highest BCUT2D eigenvalue weighted by Gasteiger charge is 2.23. The first kappa shape index (κ1) is 22.6. The molecule has 166 valence electrons. The molecule has 0 bridgehead atoms. The summed E-state index contributed by atoms with van der Waals surface area (Å²) in [7, 11) is 3.07. The molecule has 4 N–H and O–H groups in total. The van der Waals surface area contributed by atoms with Gasteiger partial charge in [0.1, 0.15) is 0 Å². The molecule has 2 aromatic rings. The molecule has 0 spiro atoms. The molecule has 7 nitrogen and oxygen atoms in total. The average molecular weight is 426 g/mol. The number of amides is 2. The largest absolute Gasteiger partial charge is 0.493 e. The summed E-state index contributed by atoms with van der Waals surface area (Å²) in [6.07, 6.45) is 3.77. The van der Waals surface area contributed by atoms with Crippen LogP contribution >= 0.6 is 0 Å². The molecule has 0 aromatic heterocycles. The monoisotopic (exact) mass is 425 g/mol. The van der Waals surface area contributed by atoms with E-state index in [1.807, 2.05) is 19.1 Å². The molecular weight excluding hydrogens is 394 g/mol. The molecule has 0 radical (unpaired) electrons. The summed E-state index contributed by atoms with van der Waals surface area (Å²) in [6.45, 7) is 1.89. The van der Waals surface area contributed by atoms with Gasteiger partial charge in [0.05, 0.1) is 20.1 Å². The first-order valence-electron chi connectivity index (χ1n) is 10.6. The minimum absolute atomic E-state index is 0.0163. The highest BCUT2D eigenvalue weighted by molar-refractivity contribution is 6.04. The number of ether oxygens (including phenoxy) is 2. The van der Waals surface area contributed by atoms with Crippen LogP contribution in [-0.2, 0) is 4.79 Å². The van der Waals surface area contributed by atoms with E-state index in [9.17, 15) is 9.59 Å². The highest BCUT2D eigenvalue weighted by Crippen LogP contribution is 2.28. The first-order valence-corrected chi connectivity index (χ1v) is 10.6. The lowest BCUT2D eigenvalue weighted by Crippen LogP contribution is -2.42. The van der Waals surface area contributed by atoms with E-state index >= 15 is 0 Å². The Morgan fingerprint density at radius 2 is 1.61 bits per heavy atom. The van der Waals surface area contributed by atoms with Crippen molar-refractivity contribution >= 4 is 17.5 Å². The van der Waals surface area contributed by atoms with Crippen LogP contribution in [0.5, 0.6) is 11.5 Å². The van der Waals surface area contributed by atoms with E-state index < -0.39 is 0 Å². The number of hydrogen-bond donors (Lipinski definition) is 3. The second kappa shape index (κ2) is 10.3. The average Bonchev–Trinajstić information content (AvgIpc) is 2.80. The number of benzene rings is 2. The third-order valence-corrected chi connectivity index (χ3v) is 5.83. The number of rotatable bonds is 7. The van der Waals surface area contributed by atoms with Gasteiger partial charge in [-0.25, -0.2) is 0 Å². The molecule has 0 saturated heterocycles. The van der Waals surface area contributed by atoms with E-state index in [0.717, 1.165) is 31.2 Å². The summed E-state index contributed by atoms with van der Waals surface area (Å²) >= 11 is 0. The Kier molecular flexibility index (Phi) is 7.52. The molecular formula is C24H31N3O4. The van der Waals surface area contributed by atoms with Crippen molar-refractivity contribution < 1.29 is 19.1 Å². The number of methoxy groups -OCH3 is 2. The maximum atomic E-state index is 12.6. The van der Waals surface area contributed by atoms with Crippen LogP contribution in [0.25, 0.3) is 0 Å². The molecule has 3 rings (SSSR count). The van der Waals surface area contributed by atoms with Crippen molar-refractivity contribution in [2.45, 2.75) is 50.6 Å². The van der Waals surface area contributed by atoms with E-state index in [2.05, 4.69) is 10.6 Å². The van der Waals surface area contributed by atoms with Crippen LogP contribution in [0.4, 0.5) is 5.69 Å². The molecule has 31 heavy (non-hydrogen) atoms. The maximum absolute atomic E-state index is 12.6. The van der Waals surface area contributed by atoms with Gasteiger partial charge in [-0.3, -0.25) is 9.59 Å². The highest BCUT2D eigenvalue weighted by atomic mass is 16.5. The van der Waals surface area contributed by atoms with E-state index in [1.165, 1.54) is 7.11 Å². The summed E-state index contributed by atoms with van der Waals surface area (Å²) in [6, 6.07) is 12.8. The lowest BCUT2D eigenvalue weighted by molar-refractivity contribution is -0.123. The minimum Gasteiger partial charge on any atom is -0.493 e. The molecule has 1 fully saturated rings. The Morgan fingerprint density at radius 3 is 2.23 bits per heavy atom. The predicted octanol–water partition coefficient (Wildman–Crippen LogP) is 3.45. The third kappa shape index (κ3) is 5.76. The third-order valence-electron chi connectivity index (χ3n) is 5.83. The predicted molar refractivity (Wildman–Crippen MR) is 121 cm³/mol. The number of hydrogen-bond acceptors (Lipinski definition) is 5. The zero-order valence-corrected chi connectivity index (χ0v) is 18.3. The SMILES string of the molecule is COc1ccc(C(=O)Nc2ccc(C(C)C(=O)NC3CCC(N)CC3)cc2)cc1OC. The first-order chi connectivity index (χ1) is 14.9. The summed E-state index contributed by atoms with van der Waals surface area (Å²) in [5.41, 5.74) is 7.94. The fraction of sp³-hybridized carbons (Fsp3) is 0.417. The van der Waals surface area contributed by atoms with Gasteiger partial charge in [-0.1, -0.05) is 12.1 Å². The Labute approximate surface area is 183 Å². The van der Waals surface area contributed by atoms with Crippen molar-refractivity contribution in [3.05, 3.63) is 53.6 Å². The number of nitrogens with two attached hydrogens (primary N) is 1. The Hall–Kier alpha value is -3.06. The Bertz CT molecular complexity index is 906. The van der Waals surface area contributed by atoms with Crippen molar-refractivity contribution in [1.82, 2.24) is 5.32 Å². The van der Waals surface area contributed by atoms with Gasteiger partial charge >= 0.3 is 0 Å². The zero-order chi connectivity index (χ0) is 22.4. The Morgan fingerprint density at radius 1 is 0.968 bits per heavy atom. The number of carbonyl (C=O) groups is 2. The number of anilines is 1. The quantitative estimate of drug-likeness (QED) is 0.631. The molecule has 0 aliphatic heterocycles. The van der Waals surface area contributed by atoms with Gasteiger partial charge in [-0.15, -0.1) is 0 Å². The van der Waals surface area contributed by atoms with Crippen molar-refractivity contribution in [2.75, 3.05) is 19.5 Å². The molecule has 2 amide bonds. The van der Waals surface area contributed by atoms with Gasteiger partial charge in [0.2, 0.25) is 5.91 Å². The van der Waals surface area contributed by atoms with Gasteiger partial charge < -0.3 is 25.8 Å².